The molecule has 4 rings (SSSR count). The molecule has 5 atom stereocenters. The van der Waals surface area contributed by atoms with Gasteiger partial charge >= 0.3 is 12.1 Å². The molecule has 2 aromatic rings. The number of hydrogen-bond donors (Lipinski definition) is 0. The number of cyclic esters (lactones) is 1. The van der Waals surface area contributed by atoms with Crippen LogP contribution in [0.25, 0.3) is 0 Å². The Hall–Kier alpha value is -3.19. The van der Waals surface area contributed by atoms with Gasteiger partial charge in [-0.05, 0) is 24.0 Å². The average molecular weight is 480 g/mol. The summed E-state index contributed by atoms with van der Waals surface area (Å²) < 4.78 is 17.4. The van der Waals surface area contributed by atoms with Gasteiger partial charge in [0.15, 0.2) is 5.60 Å². The van der Waals surface area contributed by atoms with Gasteiger partial charge in [-0.1, -0.05) is 81.4 Å². The maximum absolute atomic E-state index is 14.1. The van der Waals surface area contributed by atoms with Gasteiger partial charge in [-0.3, -0.25) is 4.79 Å². The number of carbonyl (C=O) groups excluding carboxylic acids is 3. The third kappa shape index (κ3) is 4.57. The second kappa shape index (κ2) is 10.2. The number of esters is 1. The zero-order valence-electron chi connectivity index (χ0n) is 20.7. The highest BCUT2D eigenvalue weighted by Crippen LogP contribution is 2.51. The quantitative estimate of drug-likeness (QED) is 0.542. The monoisotopic (exact) mass is 479 g/mol. The molecule has 2 aliphatic rings. The Morgan fingerprint density at radius 1 is 1.09 bits per heavy atom. The Labute approximate surface area is 206 Å². The molecule has 0 bridgehead atoms. The van der Waals surface area contributed by atoms with Crippen LogP contribution in [0.4, 0.5) is 4.79 Å². The third-order valence-corrected chi connectivity index (χ3v) is 7.19. The van der Waals surface area contributed by atoms with E-state index < -0.39 is 35.6 Å². The summed E-state index contributed by atoms with van der Waals surface area (Å²) in [5.41, 5.74) is 0.272. The van der Waals surface area contributed by atoms with E-state index in [-0.39, 0.29) is 37.5 Å². The molecule has 0 saturated carbocycles. The summed E-state index contributed by atoms with van der Waals surface area (Å²) in [6, 6.07) is 18.6. The van der Waals surface area contributed by atoms with Gasteiger partial charge in [0.1, 0.15) is 6.61 Å². The first-order valence-electron chi connectivity index (χ1n) is 12.2. The lowest BCUT2D eigenvalue weighted by atomic mass is 9.75. The standard InChI is InChI=1S/C28H33NO6/c1-5-33-26(31)28(16-20-12-8-6-9-13-20)19(4)23(24(35-28)21-14-10-7-11-15-21)25(30)29-22(18(2)3)17-34-27(29)32/h6-15,18-19,22-24H,5,16-17H2,1-4H3. The van der Waals surface area contributed by atoms with E-state index in [9.17, 15) is 14.4 Å². The number of benzene rings is 2. The summed E-state index contributed by atoms with van der Waals surface area (Å²) in [6.45, 7) is 7.85. The maximum Gasteiger partial charge on any atom is 0.416 e. The van der Waals surface area contributed by atoms with E-state index in [2.05, 4.69) is 0 Å². The molecule has 0 aliphatic carbocycles. The predicted molar refractivity (Wildman–Crippen MR) is 129 cm³/mol. The van der Waals surface area contributed by atoms with E-state index in [1.165, 1.54) is 4.90 Å². The van der Waals surface area contributed by atoms with Gasteiger partial charge in [-0.2, -0.15) is 0 Å². The summed E-state index contributed by atoms with van der Waals surface area (Å²) >= 11 is 0. The van der Waals surface area contributed by atoms with Crippen molar-refractivity contribution >= 4 is 18.0 Å². The fourth-order valence-electron chi connectivity index (χ4n) is 5.22. The minimum Gasteiger partial charge on any atom is -0.464 e. The SMILES string of the molecule is CCOC(=O)C1(Cc2ccccc2)OC(c2ccccc2)C(C(=O)N2C(=O)OCC2C(C)C)C1C. The first-order valence-corrected chi connectivity index (χ1v) is 12.2. The minimum atomic E-state index is -1.39. The van der Waals surface area contributed by atoms with Crippen molar-refractivity contribution in [2.45, 2.75) is 51.9 Å². The Morgan fingerprint density at radius 2 is 1.71 bits per heavy atom. The van der Waals surface area contributed by atoms with Gasteiger partial charge in [0.05, 0.1) is 24.7 Å². The van der Waals surface area contributed by atoms with Crippen LogP contribution in [0.5, 0.6) is 0 Å². The van der Waals surface area contributed by atoms with Gasteiger partial charge < -0.3 is 14.2 Å². The molecule has 7 heteroatoms. The Kier molecular flexibility index (Phi) is 7.26. The zero-order chi connectivity index (χ0) is 25.2. The number of rotatable bonds is 7. The van der Waals surface area contributed by atoms with Crippen molar-refractivity contribution in [1.82, 2.24) is 4.90 Å². The number of nitrogens with zero attached hydrogens (tertiary/aromatic N) is 1. The number of hydrogen-bond acceptors (Lipinski definition) is 6. The molecule has 2 amide bonds. The maximum atomic E-state index is 14.1. The van der Waals surface area contributed by atoms with E-state index in [4.69, 9.17) is 14.2 Å². The van der Waals surface area contributed by atoms with Gasteiger partial charge in [0, 0.05) is 12.3 Å². The van der Waals surface area contributed by atoms with Crippen molar-refractivity contribution in [3.8, 4) is 0 Å². The molecule has 7 nitrogen and oxygen atoms in total. The summed E-state index contributed by atoms with van der Waals surface area (Å²) in [7, 11) is 0. The predicted octanol–water partition coefficient (Wildman–Crippen LogP) is 4.56. The molecule has 2 aliphatic heterocycles. The molecule has 0 spiro atoms. The highest BCUT2D eigenvalue weighted by molar-refractivity contribution is 5.96. The van der Waals surface area contributed by atoms with E-state index in [0.717, 1.165) is 11.1 Å². The lowest BCUT2D eigenvalue weighted by molar-refractivity contribution is -0.174. The molecule has 0 radical (unpaired) electrons. The first kappa shape index (κ1) is 24.9. The molecule has 2 fully saturated rings. The Morgan fingerprint density at radius 3 is 2.31 bits per heavy atom. The summed E-state index contributed by atoms with van der Waals surface area (Å²) in [5.74, 6) is -2.21. The Bertz CT molecular complexity index is 1060. The van der Waals surface area contributed by atoms with Crippen molar-refractivity contribution in [2.24, 2.45) is 17.8 Å². The van der Waals surface area contributed by atoms with Crippen molar-refractivity contribution in [2.75, 3.05) is 13.2 Å². The normalized spacial score (nSPS) is 28.3. The molecule has 35 heavy (non-hydrogen) atoms. The van der Waals surface area contributed by atoms with Gasteiger partial charge in [-0.25, -0.2) is 14.5 Å². The van der Waals surface area contributed by atoms with E-state index in [0.29, 0.717) is 0 Å². The summed E-state index contributed by atoms with van der Waals surface area (Å²) in [5, 5.41) is 0. The van der Waals surface area contributed by atoms with Gasteiger partial charge in [0.2, 0.25) is 5.91 Å². The van der Waals surface area contributed by atoms with Crippen LogP contribution in [0, 0.1) is 17.8 Å². The molecule has 0 N–H and O–H groups in total. The van der Waals surface area contributed by atoms with E-state index >= 15 is 0 Å². The third-order valence-electron chi connectivity index (χ3n) is 7.19. The topological polar surface area (TPSA) is 82.1 Å². The van der Waals surface area contributed by atoms with Gasteiger partial charge in [0.25, 0.3) is 0 Å². The lowest BCUT2D eigenvalue weighted by Gasteiger charge is -2.32. The second-order valence-corrected chi connectivity index (χ2v) is 9.63. The van der Waals surface area contributed by atoms with Crippen molar-refractivity contribution in [3.63, 3.8) is 0 Å². The van der Waals surface area contributed by atoms with Crippen LogP contribution in [0.1, 0.15) is 44.9 Å². The fourth-order valence-corrected chi connectivity index (χ4v) is 5.22. The van der Waals surface area contributed by atoms with Crippen LogP contribution in [0.3, 0.4) is 0 Å². The van der Waals surface area contributed by atoms with E-state index in [1.807, 2.05) is 81.4 Å². The van der Waals surface area contributed by atoms with Gasteiger partial charge in [-0.15, -0.1) is 0 Å². The average Bonchev–Trinajstić information content (AvgIpc) is 3.38. The van der Waals surface area contributed by atoms with Crippen LogP contribution < -0.4 is 0 Å². The van der Waals surface area contributed by atoms with Crippen molar-refractivity contribution in [3.05, 3.63) is 71.8 Å². The number of carbonyl (C=O) groups is 3. The molecule has 2 saturated heterocycles. The van der Waals surface area contributed by atoms with Crippen molar-refractivity contribution in [1.29, 1.82) is 0 Å². The molecular formula is C28H33NO6. The Balaban J connectivity index is 1.81. The largest absolute Gasteiger partial charge is 0.464 e. The van der Waals surface area contributed by atoms with Crippen molar-refractivity contribution < 1.29 is 28.6 Å². The molecule has 5 unspecified atom stereocenters. The highest BCUT2D eigenvalue weighted by Gasteiger charge is 2.62. The minimum absolute atomic E-state index is 0.0253. The van der Waals surface area contributed by atoms with Crippen LogP contribution >= 0.6 is 0 Å². The molecule has 2 aromatic carbocycles. The molecular weight excluding hydrogens is 446 g/mol. The fraction of sp³-hybridized carbons (Fsp3) is 0.464. The smallest absolute Gasteiger partial charge is 0.416 e. The number of ether oxygens (including phenoxy) is 3. The molecule has 2 heterocycles. The van der Waals surface area contributed by atoms with Crippen LogP contribution in [0.2, 0.25) is 0 Å². The molecule has 0 aromatic heterocycles. The number of amides is 2. The molecule has 186 valence electrons. The second-order valence-electron chi connectivity index (χ2n) is 9.63. The van der Waals surface area contributed by atoms with Crippen LogP contribution in [-0.2, 0) is 30.2 Å². The van der Waals surface area contributed by atoms with Crippen LogP contribution in [0.15, 0.2) is 60.7 Å². The van der Waals surface area contributed by atoms with E-state index in [1.54, 1.807) is 6.92 Å². The summed E-state index contributed by atoms with van der Waals surface area (Å²) in [6.07, 6.45) is -1.13. The lowest BCUT2D eigenvalue weighted by Crippen LogP contribution is -2.50. The highest BCUT2D eigenvalue weighted by atomic mass is 16.6. The number of imide groups is 1. The first-order chi connectivity index (χ1) is 16.8. The van der Waals surface area contributed by atoms with Crippen LogP contribution in [-0.4, -0.2) is 47.7 Å². The summed E-state index contributed by atoms with van der Waals surface area (Å²) in [4.78, 5) is 41.5. The zero-order valence-corrected chi connectivity index (χ0v) is 20.7.